The molecule has 0 saturated heterocycles. The number of hydrogen-bond acceptors (Lipinski definition) is 3. The lowest BCUT2D eigenvalue weighted by Gasteiger charge is -2.05. The van der Waals surface area contributed by atoms with Gasteiger partial charge in [-0.15, -0.1) is 0 Å². The monoisotopic (exact) mass is 344 g/mol. The van der Waals surface area contributed by atoms with Crippen molar-refractivity contribution >= 4 is 5.78 Å². The Morgan fingerprint density at radius 2 is 1.77 bits per heavy atom. The molecule has 0 aliphatic heterocycles. The fraction of sp³-hybridized carbons (Fsp3) is 0.227. The lowest BCUT2D eigenvalue weighted by molar-refractivity contribution is 0.0978. The fourth-order valence-electron chi connectivity index (χ4n) is 3.09. The molecule has 26 heavy (non-hydrogen) atoms. The third-order valence-corrected chi connectivity index (χ3v) is 4.74. The van der Waals surface area contributed by atoms with E-state index in [9.17, 15) is 9.59 Å². The molecule has 1 saturated carbocycles. The van der Waals surface area contributed by atoms with Gasteiger partial charge in [0.2, 0.25) is 0 Å². The van der Waals surface area contributed by atoms with Gasteiger partial charge < -0.3 is 4.98 Å². The van der Waals surface area contributed by atoms with E-state index in [4.69, 9.17) is 0 Å². The Morgan fingerprint density at radius 1 is 1.04 bits per heavy atom. The Kier molecular flexibility index (Phi) is 4.48. The minimum absolute atomic E-state index is 0.112. The Hall–Kier alpha value is -3.01. The molecular formula is C22H20N2O2. The molecule has 0 atom stereocenters. The van der Waals surface area contributed by atoms with Gasteiger partial charge >= 0.3 is 0 Å². The van der Waals surface area contributed by atoms with Crippen LogP contribution in [0.15, 0.2) is 65.5 Å². The molecule has 1 aliphatic carbocycles. The molecule has 1 aromatic heterocycles. The average molecular weight is 344 g/mol. The number of aromatic nitrogens is 2. The van der Waals surface area contributed by atoms with E-state index in [1.54, 1.807) is 0 Å². The summed E-state index contributed by atoms with van der Waals surface area (Å²) >= 11 is 0. The number of aryl methyl sites for hydroxylation is 1. The van der Waals surface area contributed by atoms with Gasteiger partial charge in [-0.25, -0.2) is 4.98 Å². The fourth-order valence-corrected chi connectivity index (χ4v) is 3.09. The van der Waals surface area contributed by atoms with Gasteiger partial charge in [-0.05, 0) is 36.3 Å². The number of ketones is 1. The first-order valence-electron chi connectivity index (χ1n) is 8.98. The third-order valence-electron chi connectivity index (χ3n) is 4.74. The molecule has 0 radical (unpaired) electrons. The smallest absolute Gasteiger partial charge is 0.251 e. The van der Waals surface area contributed by atoms with Crippen LogP contribution in [0.3, 0.4) is 0 Å². The van der Waals surface area contributed by atoms with E-state index in [-0.39, 0.29) is 17.0 Å². The number of carbonyl (C=O) groups excluding carboxylic acids is 1. The number of benzene rings is 2. The van der Waals surface area contributed by atoms with Gasteiger partial charge in [0.15, 0.2) is 5.78 Å². The molecule has 4 nitrogen and oxygen atoms in total. The summed E-state index contributed by atoms with van der Waals surface area (Å²) in [6, 6.07) is 19.2. The van der Waals surface area contributed by atoms with Crippen LogP contribution in [-0.2, 0) is 6.42 Å². The Morgan fingerprint density at radius 3 is 2.46 bits per heavy atom. The molecule has 2 aromatic carbocycles. The van der Waals surface area contributed by atoms with Crippen molar-refractivity contribution in [2.75, 3.05) is 0 Å². The van der Waals surface area contributed by atoms with Gasteiger partial charge in [-0.2, -0.15) is 0 Å². The topological polar surface area (TPSA) is 62.8 Å². The van der Waals surface area contributed by atoms with Crippen LogP contribution >= 0.6 is 0 Å². The van der Waals surface area contributed by atoms with Crippen molar-refractivity contribution < 1.29 is 4.79 Å². The van der Waals surface area contributed by atoms with E-state index in [0.717, 1.165) is 17.0 Å². The number of carbonyl (C=O) groups is 1. The number of H-pyrrole nitrogens is 1. The minimum atomic E-state index is -0.309. The first kappa shape index (κ1) is 16.5. The maximum Gasteiger partial charge on any atom is 0.251 e. The zero-order chi connectivity index (χ0) is 17.9. The number of hydrogen-bond donors (Lipinski definition) is 1. The highest BCUT2D eigenvalue weighted by atomic mass is 16.1. The van der Waals surface area contributed by atoms with Crippen LogP contribution in [0, 0.1) is 0 Å². The second-order valence-corrected chi connectivity index (χ2v) is 6.78. The third kappa shape index (κ3) is 3.80. The lowest BCUT2D eigenvalue weighted by Crippen LogP contribution is -2.14. The van der Waals surface area contributed by atoms with Crippen molar-refractivity contribution in [3.8, 4) is 11.4 Å². The summed E-state index contributed by atoms with van der Waals surface area (Å²) in [5.41, 5.74) is 3.23. The van der Waals surface area contributed by atoms with Crippen molar-refractivity contribution in [1.29, 1.82) is 0 Å². The SMILES string of the molecule is O=C(CCc1ccc(C2CC2)cc1)c1cc(=O)[nH]c(-c2ccccc2)n1. The number of Topliss-reactive ketones (excluding diaryl/α,β-unsaturated/α-hetero) is 1. The van der Waals surface area contributed by atoms with Gasteiger partial charge in [0.1, 0.15) is 11.5 Å². The molecule has 1 heterocycles. The number of aromatic amines is 1. The molecular weight excluding hydrogens is 324 g/mol. The van der Waals surface area contributed by atoms with Crippen LogP contribution in [0.5, 0.6) is 0 Å². The molecule has 4 heteroatoms. The van der Waals surface area contributed by atoms with Crippen molar-refractivity contribution in [1.82, 2.24) is 9.97 Å². The zero-order valence-corrected chi connectivity index (χ0v) is 14.4. The first-order chi connectivity index (χ1) is 12.7. The second kappa shape index (κ2) is 7.08. The van der Waals surface area contributed by atoms with Crippen LogP contribution in [-0.4, -0.2) is 15.8 Å². The average Bonchev–Trinajstić information content (AvgIpc) is 3.52. The molecule has 0 bridgehead atoms. The highest BCUT2D eigenvalue weighted by Crippen LogP contribution is 2.39. The van der Waals surface area contributed by atoms with Gasteiger partial charge in [0.25, 0.3) is 5.56 Å². The van der Waals surface area contributed by atoms with Gasteiger partial charge in [-0.3, -0.25) is 9.59 Å². The normalized spacial score (nSPS) is 13.5. The van der Waals surface area contributed by atoms with Crippen LogP contribution in [0.4, 0.5) is 0 Å². The standard InChI is InChI=1S/C22H20N2O2/c25-20(13-8-15-6-9-16(10-7-15)17-11-12-17)19-14-21(26)24-22(23-19)18-4-2-1-3-5-18/h1-7,9-10,14,17H,8,11-13H2,(H,23,24,26). The van der Waals surface area contributed by atoms with E-state index >= 15 is 0 Å². The predicted octanol–water partition coefficient (Wildman–Crippen LogP) is 4.13. The number of nitrogens with one attached hydrogen (secondary N) is 1. The van der Waals surface area contributed by atoms with Crippen molar-refractivity contribution in [3.63, 3.8) is 0 Å². The van der Waals surface area contributed by atoms with Crippen molar-refractivity contribution in [2.45, 2.75) is 31.6 Å². The van der Waals surface area contributed by atoms with Gasteiger partial charge in [0.05, 0.1) is 0 Å². The maximum absolute atomic E-state index is 12.5. The quantitative estimate of drug-likeness (QED) is 0.684. The van der Waals surface area contributed by atoms with Crippen LogP contribution in [0.2, 0.25) is 0 Å². The lowest BCUT2D eigenvalue weighted by atomic mass is 10.0. The summed E-state index contributed by atoms with van der Waals surface area (Å²) < 4.78 is 0. The zero-order valence-electron chi connectivity index (χ0n) is 14.4. The van der Waals surface area contributed by atoms with E-state index < -0.39 is 0 Å². The summed E-state index contributed by atoms with van der Waals surface area (Å²) in [4.78, 5) is 31.5. The maximum atomic E-state index is 12.5. The molecule has 0 unspecified atom stereocenters. The van der Waals surface area contributed by atoms with Crippen molar-refractivity contribution in [2.24, 2.45) is 0 Å². The highest BCUT2D eigenvalue weighted by molar-refractivity contribution is 5.94. The largest absolute Gasteiger partial charge is 0.306 e. The number of rotatable bonds is 6. The molecule has 130 valence electrons. The molecule has 1 N–H and O–H groups in total. The van der Waals surface area contributed by atoms with Crippen LogP contribution in [0.25, 0.3) is 11.4 Å². The van der Waals surface area contributed by atoms with Gasteiger partial charge in [-0.1, -0.05) is 54.6 Å². The molecule has 1 fully saturated rings. The van der Waals surface area contributed by atoms with E-state index in [2.05, 4.69) is 34.2 Å². The Balaban J connectivity index is 1.47. The highest BCUT2D eigenvalue weighted by Gasteiger charge is 2.22. The summed E-state index contributed by atoms with van der Waals surface area (Å²) in [5, 5.41) is 0. The molecule has 1 aliphatic rings. The van der Waals surface area contributed by atoms with E-state index in [1.165, 1.54) is 24.5 Å². The van der Waals surface area contributed by atoms with Crippen LogP contribution in [0.1, 0.15) is 46.8 Å². The Labute approximate surface area is 151 Å². The van der Waals surface area contributed by atoms with Gasteiger partial charge in [0, 0.05) is 18.1 Å². The molecule has 4 rings (SSSR count). The molecule has 3 aromatic rings. The van der Waals surface area contributed by atoms with Crippen molar-refractivity contribution in [3.05, 3.63) is 87.8 Å². The summed E-state index contributed by atoms with van der Waals surface area (Å²) in [5.74, 6) is 1.05. The predicted molar refractivity (Wildman–Crippen MR) is 101 cm³/mol. The minimum Gasteiger partial charge on any atom is -0.306 e. The summed E-state index contributed by atoms with van der Waals surface area (Å²) in [6.45, 7) is 0. The van der Waals surface area contributed by atoms with E-state index in [0.29, 0.717) is 18.7 Å². The Bertz CT molecular complexity index is 971. The summed E-state index contributed by atoms with van der Waals surface area (Å²) in [7, 11) is 0. The van der Waals surface area contributed by atoms with E-state index in [1.807, 2.05) is 30.3 Å². The number of nitrogens with zero attached hydrogens (tertiary/aromatic N) is 1. The molecule has 0 spiro atoms. The summed E-state index contributed by atoms with van der Waals surface area (Å²) in [6.07, 6.45) is 3.57. The first-order valence-corrected chi connectivity index (χ1v) is 8.98. The molecule has 0 amide bonds. The second-order valence-electron chi connectivity index (χ2n) is 6.78. The van der Waals surface area contributed by atoms with Crippen LogP contribution < -0.4 is 5.56 Å².